The van der Waals surface area contributed by atoms with Crippen LogP contribution in [0.1, 0.15) is 36.8 Å². The third-order valence-corrected chi connectivity index (χ3v) is 6.06. The minimum absolute atomic E-state index is 0.00655. The van der Waals surface area contributed by atoms with Crippen LogP contribution in [-0.2, 0) is 35.0 Å². The highest BCUT2D eigenvalue weighted by Gasteiger charge is 2.42. The summed E-state index contributed by atoms with van der Waals surface area (Å²) < 4.78 is 21.6. The highest BCUT2D eigenvalue weighted by Crippen LogP contribution is 2.28. The summed E-state index contributed by atoms with van der Waals surface area (Å²) in [5, 5.41) is 12.6. The molecular formula is C27H30N2O9. The lowest BCUT2D eigenvalue weighted by atomic mass is 9.91. The number of ether oxygens (including phenoxy) is 4. The number of pyridine rings is 1. The van der Waals surface area contributed by atoms with E-state index in [0.717, 1.165) is 5.56 Å². The van der Waals surface area contributed by atoms with Crippen molar-refractivity contribution in [2.24, 2.45) is 5.92 Å². The molecule has 38 heavy (non-hydrogen) atoms. The second-order valence-corrected chi connectivity index (χ2v) is 8.65. The van der Waals surface area contributed by atoms with Crippen LogP contribution in [0.15, 0.2) is 54.2 Å². The normalized spacial score (nSPS) is 22.2. The molecule has 0 saturated carbocycles. The Balaban J connectivity index is 1.89. The number of amides is 1. The van der Waals surface area contributed by atoms with Crippen LogP contribution >= 0.6 is 0 Å². The number of esters is 3. The first-order valence-corrected chi connectivity index (χ1v) is 11.9. The number of allylic oxidation sites excluding steroid dienone is 1. The molecule has 1 aromatic heterocycles. The zero-order valence-electron chi connectivity index (χ0n) is 21.5. The fourth-order valence-electron chi connectivity index (χ4n) is 3.81. The van der Waals surface area contributed by atoms with E-state index in [2.05, 4.69) is 10.3 Å². The zero-order valence-corrected chi connectivity index (χ0v) is 21.5. The van der Waals surface area contributed by atoms with Gasteiger partial charge in [-0.2, -0.15) is 0 Å². The lowest BCUT2D eigenvalue weighted by molar-refractivity contribution is -0.172. The molecule has 11 heteroatoms. The van der Waals surface area contributed by atoms with Gasteiger partial charge in [-0.15, -0.1) is 0 Å². The van der Waals surface area contributed by atoms with Crippen LogP contribution in [0.5, 0.6) is 11.5 Å². The summed E-state index contributed by atoms with van der Waals surface area (Å²) in [7, 11) is 1.31. The molecular weight excluding hydrogens is 496 g/mol. The van der Waals surface area contributed by atoms with Gasteiger partial charge in [0.1, 0.15) is 18.6 Å². The minimum Gasteiger partial charge on any atom is -0.503 e. The van der Waals surface area contributed by atoms with Gasteiger partial charge >= 0.3 is 17.9 Å². The number of carbonyl (C=O) groups is 4. The number of hydrogen-bond donors (Lipinski definition) is 2. The average Bonchev–Trinajstić information content (AvgIpc) is 2.95. The van der Waals surface area contributed by atoms with Crippen molar-refractivity contribution in [2.75, 3.05) is 13.7 Å². The number of aromatic hydroxyl groups is 1. The molecule has 202 valence electrons. The number of nitrogens with one attached hydrogen (secondary N) is 1. The van der Waals surface area contributed by atoms with Crippen LogP contribution in [0.3, 0.4) is 0 Å². The van der Waals surface area contributed by atoms with Crippen LogP contribution in [0.25, 0.3) is 0 Å². The van der Waals surface area contributed by atoms with Crippen molar-refractivity contribution in [2.45, 2.75) is 45.4 Å². The van der Waals surface area contributed by atoms with Gasteiger partial charge in [-0.05, 0) is 32.8 Å². The third kappa shape index (κ3) is 6.67. The van der Waals surface area contributed by atoms with Crippen LogP contribution < -0.4 is 10.1 Å². The number of rotatable bonds is 7. The van der Waals surface area contributed by atoms with E-state index >= 15 is 0 Å². The molecule has 2 N–H and O–H groups in total. The number of carbonyl (C=O) groups excluding carboxylic acids is 4. The molecule has 0 radical (unpaired) electrons. The molecule has 1 aliphatic rings. The molecule has 2 heterocycles. The summed E-state index contributed by atoms with van der Waals surface area (Å²) in [4.78, 5) is 55.5. The van der Waals surface area contributed by atoms with Gasteiger partial charge in [-0.1, -0.05) is 36.4 Å². The molecule has 1 amide bonds. The van der Waals surface area contributed by atoms with Gasteiger partial charge in [-0.3, -0.25) is 9.59 Å². The summed E-state index contributed by atoms with van der Waals surface area (Å²) in [6.07, 6.45) is 0.710. The summed E-state index contributed by atoms with van der Waals surface area (Å²) in [6.45, 7) is 4.17. The Hall–Kier alpha value is -4.41. The third-order valence-electron chi connectivity index (χ3n) is 6.06. The second-order valence-electron chi connectivity index (χ2n) is 8.65. The van der Waals surface area contributed by atoms with Crippen LogP contribution in [0.4, 0.5) is 0 Å². The van der Waals surface area contributed by atoms with Crippen LogP contribution in [-0.4, -0.2) is 65.9 Å². The number of nitrogens with zero attached hydrogens (tertiary/aromatic N) is 1. The topological polar surface area (TPSA) is 150 Å². The van der Waals surface area contributed by atoms with E-state index in [1.54, 1.807) is 32.1 Å². The molecule has 2 aromatic rings. The van der Waals surface area contributed by atoms with Crippen LogP contribution in [0.2, 0.25) is 0 Å². The summed E-state index contributed by atoms with van der Waals surface area (Å²) in [5.41, 5.74) is 0.693. The van der Waals surface area contributed by atoms with Gasteiger partial charge in [0.25, 0.3) is 5.91 Å². The van der Waals surface area contributed by atoms with E-state index in [1.165, 1.54) is 26.3 Å². The average molecular weight is 527 g/mol. The van der Waals surface area contributed by atoms with Gasteiger partial charge in [0.15, 0.2) is 29.3 Å². The van der Waals surface area contributed by atoms with E-state index in [9.17, 15) is 24.3 Å². The lowest BCUT2D eigenvalue weighted by Crippen LogP contribution is -2.46. The molecule has 1 aromatic carbocycles. The van der Waals surface area contributed by atoms with E-state index < -0.39 is 66.0 Å². The first kappa shape index (κ1) is 28.2. The van der Waals surface area contributed by atoms with Crippen molar-refractivity contribution >= 4 is 23.8 Å². The van der Waals surface area contributed by atoms with Gasteiger partial charge in [0.2, 0.25) is 0 Å². The minimum atomic E-state index is -1.43. The Bertz CT molecular complexity index is 1210. The monoisotopic (exact) mass is 526 g/mol. The molecule has 0 aliphatic carbocycles. The van der Waals surface area contributed by atoms with Crippen molar-refractivity contribution < 1.29 is 43.2 Å². The Kier molecular flexibility index (Phi) is 9.42. The maximum absolute atomic E-state index is 13.3. The first-order chi connectivity index (χ1) is 18.2. The molecule has 1 aliphatic heterocycles. The Morgan fingerprint density at radius 1 is 1.18 bits per heavy atom. The van der Waals surface area contributed by atoms with Gasteiger partial charge < -0.3 is 29.4 Å². The molecule has 1 fully saturated rings. The molecule has 1 saturated heterocycles. The molecule has 0 spiro atoms. The Morgan fingerprint density at radius 2 is 1.89 bits per heavy atom. The van der Waals surface area contributed by atoms with E-state index in [-0.39, 0.29) is 12.2 Å². The maximum atomic E-state index is 13.3. The highest BCUT2D eigenvalue weighted by molar-refractivity contribution is 5.98. The quantitative estimate of drug-likeness (QED) is 0.312. The number of benzene rings is 1. The maximum Gasteiger partial charge on any atom is 0.333 e. The van der Waals surface area contributed by atoms with Crippen molar-refractivity contribution in [1.82, 2.24) is 10.3 Å². The molecule has 4 atom stereocenters. The lowest BCUT2D eigenvalue weighted by Gasteiger charge is -2.29. The molecule has 11 nitrogen and oxygen atoms in total. The largest absolute Gasteiger partial charge is 0.503 e. The molecule has 3 rings (SSSR count). The number of hydrogen-bond acceptors (Lipinski definition) is 10. The SMILES string of the molecule is C/C=C(\C)C(=O)O[C@H]1[C@H](C)OC(=O)[C@@H](NC(=O)c2nccc(OC)c2O)COC(=O)[C@@H]1Cc1ccccc1. The summed E-state index contributed by atoms with van der Waals surface area (Å²) in [6, 6.07) is 8.98. The van der Waals surface area contributed by atoms with Crippen LogP contribution in [0, 0.1) is 5.92 Å². The van der Waals surface area contributed by atoms with Crippen molar-refractivity contribution in [1.29, 1.82) is 0 Å². The number of cyclic esters (lactones) is 2. The number of aromatic nitrogens is 1. The highest BCUT2D eigenvalue weighted by atomic mass is 16.6. The smallest absolute Gasteiger partial charge is 0.333 e. The standard InChI is InChI=1S/C27H30N2O9/c1-5-15(2)25(32)38-23-16(3)37-27(34)19(29-24(31)21-22(30)20(35-4)11-12-28-21)14-36-26(33)18(23)13-17-9-7-6-8-10-17/h5-12,16,18-19,23,30H,13-14H2,1-4H3,(H,29,31)/b15-5+/t16-,18+,19-,23-/m0/s1. The first-order valence-electron chi connectivity index (χ1n) is 11.9. The van der Waals surface area contributed by atoms with E-state index in [0.29, 0.717) is 5.57 Å². The molecule has 0 unspecified atom stereocenters. The Labute approximate surface area is 219 Å². The molecule has 0 bridgehead atoms. The van der Waals surface area contributed by atoms with Gasteiger partial charge in [-0.25, -0.2) is 14.6 Å². The Morgan fingerprint density at radius 3 is 2.55 bits per heavy atom. The predicted octanol–water partition coefficient (Wildman–Crippen LogP) is 2.12. The fourth-order valence-corrected chi connectivity index (χ4v) is 3.81. The predicted molar refractivity (Wildman–Crippen MR) is 133 cm³/mol. The summed E-state index contributed by atoms with van der Waals surface area (Å²) in [5.74, 6) is -4.78. The van der Waals surface area contributed by atoms with Gasteiger partial charge in [0.05, 0.1) is 7.11 Å². The van der Waals surface area contributed by atoms with Crippen molar-refractivity contribution in [3.05, 3.63) is 65.5 Å². The fraction of sp³-hybridized carbons (Fsp3) is 0.370. The van der Waals surface area contributed by atoms with E-state index in [1.807, 2.05) is 18.2 Å². The number of methoxy groups -OCH3 is 1. The van der Waals surface area contributed by atoms with Crippen molar-refractivity contribution in [3.8, 4) is 11.5 Å². The summed E-state index contributed by atoms with van der Waals surface area (Å²) >= 11 is 0. The second kappa shape index (κ2) is 12.7. The zero-order chi connectivity index (χ0) is 27.8. The van der Waals surface area contributed by atoms with Gasteiger partial charge in [0, 0.05) is 17.8 Å². The van der Waals surface area contributed by atoms with E-state index in [4.69, 9.17) is 18.9 Å². The van der Waals surface area contributed by atoms with Crippen molar-refractivity contribution in [3.63, 3.8) is 0 Å².